The van der Waals surface area contributed by atoms with Crippen LogP contribution in [0.25, 0.3) is 0 Å². The van der Waals surface area contributed by atoms with Crippen LogP contribution in [-0.4, -0.2) is 19.9 Å². The Kier molecular flexibility index (Phi) is 4.66. The maximum atomic E-state index is 14.2. The Labute approximate surface area is 147 Å². The van der Waals surface area contributed by atoms with Gasteiger partial charge in [-0.05, 0) is 50.5 Å². The van der Waals surface area contributed by atoms with Gasteiger partial charge in [0.15, 0.2) is 11.5 Å². The summed E-state index contributed by atoms with van der Waals surface area (Å²) in [5, 5.41) is 0. The van der Waals surface area contributed by atoms with Gasteiger partial charge in [-0.1, -0.05) is 18.2 Å². The summed E-state index contributed by atoms with van der Waals surface area (Å²) in [6, 6.07) is 8.16. The van der Waals surface area contributed by atoms with Gasteiger partial charge in [-0.15, -0.1) is 0 Å². The Morgan fingerprint density at radius 2 is 2.00 bits per heavy atom. The number of imidazole rings is 1. The van der Waals surface area contributed by atoms with E-state index >= 15 is 0 Å². The van der Waals surface area contributed by atoms with Gasteiger partial charge in [0.05, 0.1) is 6.33 Å². The summed E-state index contributed by atoms with van der Waals surface area (Å²) in [5.74, 6) is 0.294. The number of aryl methyl sites for hydroxylation is 1. The number of aromatic amines is 1. The first-order chi connectivity index (χ1) is 11.9. The second-order valence-corrected chi connectivity index (χ2v) is 6.90. The number of alkyl halides is 1. The number of nitrogens with one attached hydrogen (secondary N) is 1. The van der Waals surface area contributed by atoms with Crippen molar-refractivity contribution in [3.63, 3.8) is 0 Å². The molecular formula is C20H23FN4. The van der Waals surface area contributed by atoms with E-state index in [1.54, 1.807) is 12.5 Å². The molecule has 3 aromatic rings. The van der Waals surface area contributed by atoms with E-state index in [2.05, 4.69) is 52.0 Å². The van der Waals surface area contributed by atoms with Crippen molar-refractivity contribution in [1.82, 2.24) is 19.9 Å². The van der Waals surface area contributed by atoms with E-state index in [1.165, 1.54) is 30.5 Å². The van der Waals surface area contributed by atoms with Crippen LogP contribution in [0.15, 0.2) is 43.0 Å². The molecule has 4 nitrogen and oxygen atoms in total. The smallest absolute Gasteiger partial charge is 0.165 e. The molecule has 2 aromatic heterocycles. The Bertz CT molecular complexity index is 850. The quantitative estimate of drug-likeness (QED) is 0.750. The molecule has 0 saturated heterocycles. The van der Waals surface area contributed by atoms with Crippen LogP contribution in [0.5, 0.6) is 0 Å². The zero-order chi connectivity index (χ0) is 18.0. The van der Waals surface area contributed by atoms with Crippen LogP contribution in [0.3, 0.4) is 0 Å². The number of H-pyrrole nitrogens is 1. The highest BCUT2D eigenvalue weighted by Gasteiger charge is 2.24. The molecule has 0 fully saturated rings. The summed E-state index contributed by atoms with van der Waals surface area (Å²) in [6.07, 6.45) is 5.81. The lowest BCUT2D eigenvalue weighted by atomic mass is 9.87. The Balaban J connectivity index is 2.01. The maximum Gasteiger partial charge on any atom is 0.165 e. The second-order valence-electron chi connectivity index (χ2n) is 6.90. The molecule has 0 saturated carbocycles. The van der Waals surface area contributed by atoms with Gasteiger partial charge in [0, 0.05) is 36.1 Å². The van der Waals surface area contributed by atoms with E-state index in [0.717, 1.165) is 11.4 Å². The topological polar surface area (TPSA) is 54.5 Å². The fourth-order valence-corrected chi connectivity index (χ4v) is 3.00. The minimum atomic E-state index is -1.56. The molecule has 0 bridgehead atoms. The summed E-state index contributed by atoms with van der Waals surface area (Å²) in [7, 11) is 0. The van der Waals surface area contributed by atoms with Crippen LogP contribution in [0, 0.1) is 13.8 Å². The van der Waals surface area contributed by atoms with E-state index in [1.807, 2.05) is 12.3 Å². The van der Waals surface area contributed by atoms with Gasteiger partial charge >= 0.3 is 0 Å². The minimum Gasteiger partial charge on any atom is -0.348 e. The van der Waals surface area contributed by atoms with Gasteiger partial charge < -0.3 is 4.98 Å². The minimum absolute atomic E-state index is 0.0767. The van der Waals surface area contributed by atoms with Crippen molar-refractivity contribution in [3.05, 3.63) is 76.9 Å². The number of aromatic nitrogens is 4. The third-order valence-corrected chi connectivity index (χ3v) is 4.57. The van der Waals surface area contributed by atoms with Crippen LogP contribution in [0.2, 0.25) is 0 Å². The Morgan fingerprint density at radius 3 is 2.68 bits per heavy atom. The first-order valence-electron chi connectivity index (χ1n) is 8.42. The third-order valence-electron chi connectivity index (χ3n) is 4.57. The van der Waals surface area contributed by atoms with E-state index in [-0.39, 0.29) is 11.7 Å². The van der Waals surface area contributed by atoms with Gasteiger partial charge in [-0.2, -0.15) is 0 Å². The van der Waals surface area contributed by atoms with Gasteiger partial charge in [0.2, 0.25) is 0 Å². The summed E-state index contributed by atoms with van der Waals surface area (Å²) in [4.78, 5) is 15.9. The largest absolute Gasteiger partial charge is 0.348 e. The Morgan fingerprint density at radius 1 is 1.20 bits per heavy atom. The first-order valence-corrected chi connectivity index (χ1v) is 8.42. The van der Waals surface area contributed by atoms with Crippen molar-refractivity contribution in [1.29, 1.82) is 0 Å². The zero-order valence-corrected chi connectivity index (χ0v) is 15.0. The molecule has 0 aliphatic carbocycles. The lowest BCUT2D eigenvalue weighted by Crippen LogP contribution is -2.16. The van der Waals surface area contributed by atoms with E-state index in [9.17, 15) is 4.39 Å². The predicted molar refractivity (Wildman–Crippen MR) is 96.2 cm³/mol. The van der Waals surface area contributed by atoms with Crippen molar-refractivity contribution in [2.24, 2.45) is 0 Å². The molecule has 0 aliphatic rings. The highest BCUT2D eigenvalue weighted by atomic mass is 19.1. The van der Waals surface area contributed by atoms with Gasteiger partial charge in [-0.3, -0.25) is 0 Å². The van der Waals surface area contributed by atoms with Crippen molar-refractivity contribution < 1.29 is 4.39 Å². The van der Waals surface area contributed by atoms with Gasteiger partial charge in [0.1, 0.15) is 0 Å². The van der Waals surface area contributed by atoms with E-state index in [0.29, 0.717) is 6.42 Å². The normalized spacial score (nSPS) is 13.0. The number of hydrogen-bond donors (Lipinski definition) is 1. The van der Waals surface area contributed by atoms with E-state index < -0.39 is 5.67 Å². The first kappa shape index (κ1) is 17.3. The Hall–Kier alpha value is -2.56. The molecule has 130 valence electrons. The molecule has 0 radical (unpaired) electrons. The van der Waals surface area contributed by atoms with Crippen LogP contribution in [0.4, 0.5) is 4.39 Å². The lowest BCUT2D eigenvalue weighted by molar-refractivity contribution is 0.206. The fourth-order valence-electron chi connectivity index (χ4n) is 3.00. The van der Waals surface area contributed by atoms with Crippen LogP contribution in [-0.2, 0) is 12.1 Å². The number of rotatable bonds is 5. The average molecular weight is 338 g/mol. The standard InChI is InChI=1S/C20H23FN4/c1-13-6-5-7-16(14(13)2)17(18-11-22-12-24-18)10-15-8-9-23-19(25-15)20(3,4)21/h5-9,11-12,17H,10H2,1-4H3,(H,22,24)/t17-/m1/s1. The molecular weight excluding hydrogens is 315 g/mol. The molecule has 1 atom stereocenters. The summed E-state index contributed by atoms with van der Waals surface area (Å²) >= 11 is 0. The number of nitrogens with zero attached hydrogens (tertiary/aromatic N) is 3. The third kappa shape index (κ3) is 3.76. The number of benzene rings is 1. The van der Waals surface area contributed by atoms with Crippen LogP contribution < -0.4 is 0 Å². The molecule has 0 unspecified atom stereocenters. The number of halogens is 1. The van der Waals surface area contributed by atoms with Crippen molar-refractivity contribution in [3.8, 4) is 0 Å². The highest BCUT2D eigenvalue weighted by Crippen LogP contribution is 2.30. The molecule has 0 spiro atoms. The lowest BCUT2D eigenvalue weighted by Gasteiger charge is -2.20. The number of hydrogen-bond acceptors (Lipinski definition) is 3. The van der Waals surface area contributed by atoms with Gasteiger partial charge in [-0.25, -0.2) is 19.3 Å². The van der Waals surface area contributed by atoms with Crippen LogP contribution in [0.1, 0.15) is 53.7 Å². The zero-order valence-electron chi connectivity index (χ0n) is 15.0. The average Bonchev–Trinajstić information content (AvgIpc) is 3.09. The molecule has 2 heterocycles. The molecule has 0 amide bonds. The fraction of sp³-hybridized carbons (Fsp3) is 0.350. The maximum absolute atomic E-state index is 14.2. The summed E-state index contributed by atoms with van der Waals surface area (Å²) in [6.45, 7) is 7.19. The molecule has 25 heavy (non-hydrogen) atoms. The molecule has 0 aliphatic heterocycles. The highest BCUT2D eigenvalue weighted by molar-refractivity contribution is 5.40. The molecule has 3 rings (SSSR count). The van der Waals surface area contributed by atoms with E-state index in [4.69, 9.17) is 0 Å². The SMILES string of the molecule is Cc1cccc([C@@H](Cc2ccnc(C(C)(C)F)n2)c2cnc[nH]2)c1C. The predicted octanol–water partition coefficient (Wildman–Crippen LogP) is 4.40. The molecule has 5 heteroatoms. The summed E-state index contributed by atoms with van der Waals surface area (Å²) < 4.78 is 14.2. The molecule has 1 aromatic carbocycles. The van der Waals surface area contributed by atoms with Crippen molar-refractivity contribution in [2.45, 2.75) is 45.7 Å². The second kappa shape index (κ2) is 6.75. The summed E-state index contributed by atoms with van der Waals surface area (Å²) in [5.41, 5.74) is 4.00. The van der Waals surface area contributed by atoms with Crippen molar-refractivity contribution in [2.75, 3.05) is 0 Å². The monoisotopic (exact) mass is 338 g/mol. The van der Waals surface area contributed by atoms with Crippen LogP contribution >= 0.6 is 0 Å². The van der Waals surface area contributed by atoms with Gasteiger partial charge in [0.25, 0.3) is 0 Å². The van der Waals surface area contributed by atoms with Crippen molar-refractivity contribution >= 4 is 0 Å². The molecule has 1 N–H and O–H groups in total.